The summed E-state index contributed by atoms with van der Waals surface area (Å²) in [6.45, 7) is -0.323. The molecule has 1 aliphatic rings. The van der Waals surface area contributed by atoms with Crippen molar-refractivity contribution in [1.82, 2.24) is 5.32 Å². The molecule has 200 valence electrons. The third kappa shape index (κ3) is 5.49. The van der Waals surface area contributed by atoms with Crippen molar-refractivity contribution in [2.75, 3.05) is 27.6 Å². The van der Waals surface area contributed by atoms with Gasteiger partial charge < -0.3 is 24.6 Å². The van der Waals surface area contributed by atoms with E-state index in [1.165, 1.54) is 31.0 Å². The molecule has 38 heavy (non-hydrogen) atoms. The van der Waals surface area contributed by atoms with Crippen LogP contribution >= 0.6 is 11.8 Å². The van der Waals surface area contributed by atoms with Crippen molar-refractivity contribution in [3.63, 3.8) is 0 Å². The van der Waals surface area contributed by atoms with Gasteiger partial charge in [0.25, 0.3) is 0 Å². The number of ether oxygens (including phenoxy) is 3. The van der Waals surface area contributed by atoms with E-state index >= 15 is 0 Å². The lowest BCUT2D eigenvalue weighted by atomic mass is 9.95. The van der Waals surface area contributed by atoms with Gasteiger partial charge in [-0.2, -0.15) is 0 Å². The zero-order chi connectivity index (χ0) is 27.4. The van der Waals surface area contributed by atoms with E-state index in [1.807, 2.05) is 18.4 Å². The smallest absolute Gasteiger partial charge is 0.224 e. The van der Waals surface area contributed by atoms with Crippen molar-refractivity contribution in [2.45, 2.75) is 36.8 Å². The number of fused-ring (bicyclic) bond motifs is 3. The fourth-order valence-corrected chi connectivity index (χ4v) is 5.42. The molecule has 2 N–H and O–H groups in total. The number of carbonyl (C=O) groups excluding carboxylic acids is 1. The van der Waals surface area contributed by atoms with Gasteiger partial charge in [-0.3, -0.25) is 9.59 Å². The number of thioether (sulfide) groups is 1. The molecule has 0 aromatic heterocycles. The number of halogens is 1. The van der Waals surface area contributed by atoms with Crippen LogP contribution in [-0.2, 0) is 24.2 Å². The van der Waals surface area contributed by atoms with Gasteiger partial charge >= 0.3 is 0 Å². The maximum Gasteiger partial charge on any atom is 0.224 e. The Morgan fingerprint density at radius 2 is 1.79 bits per heavy atom. The van der Waals surface area contributed by atoms with Crippen LogP contribution in [0.3, 0.4) is 0 Å². The first-order valence-electron chi connectivity index (χ1n) is 12.1. The predicted octanol–water partition coefficient (Wildman–Crippen LogP) is 4.44. The van der Waals surface area contributed by atoms with Crippen LogP contribution in [-0.4, -0.2) is 38.6 Å². The molecule has 0 aliphatic heterocycles. The lowest BCUT2D eigenvalue weighted by Crippen LogP contribution is -2.30. The number of aliphatic hydroxyl groups is 1. The quantitative estimate of drug-likeness (QED) is 0.409. The van der Waals surface area contributed by atoms with E-state index in [9.17, 15) is 19.1 Å². The Labute approximate surface area is 224 Å². The van der Waals surface area contributed by atoms with Crippen LogP contribution in [0.4, 0.5) is 4.39 Å². The molecule has 1 amide bonds. The predicted molar refractivity (Wildman–Crippen MR) is 145 cm³/mol. The number of carbonyl (C=O) groups is 1. The van der Waals surface area contributed by atoms with Crippen LogP contribution < -0.4 is 25.0 Å². The third-order valence-corrected chi connectivity index (χ3v) is 7.40. The van der Waals surface area contributed by atoms with Gasteiger partial charge in [-0.15, -0.1) is 11.8 Å². The van der Waals surface area contributed by atoms with Gasteiger partial charge in [0.15, 0.2) is 16.9 Å². The fraction of sp³-hybridized carbons (Fsp3) is 0.310. The lowest BCUT2D eigenvalue weighted by molar-refractivity contribution is -0.121. The van der Waals surface area contributed by atoms with Crippen molar-refractivity contribution in [3.05, 3.63) is 80.8 Å². The molecule has 3 aromatic rings. The number of benzene rings is 2. The number of amides is 1. The van der Waals surface area contributed by atoms with Gasteiger partial charge in [0.2, 0.25) is 11.7 Å². The van der Waals surface area contributed by atoms with Gasteiger partial charge in [-0.1, -0.05) is 12.1 Å². The second kappa shape index (κ2) is 11.9. The second-order valence-corrected chi connectivity index (χ2v) is 9.77. The molecule has 0 saturated heterocycles. The topological polar surface area (TPSA) is 94.1 Å². The minimum absolute atomic E-state index is 0.0756. The first-order chi connectivity index (χ1) is 18.3. The molecule has 0 unspecified atom stereocenters. The molecular weight excluding hydrogens is 509 g/mol. The van der Waals surface area contributed by atoms with Gasteiger partial charge in [0.1, 0.15) is 5.82 Å². The highest BCUT2D eigenvalue weighted by atomic mass is 32.2. The van der Waals surface area contributed by atoms with Crippen molar-refractivity contribution >= 4 is 17.7 Å². The summed E-state index contributed by atoms with van der Waals surface area (Å²) in [6, 6.07) is 10.7. The van der Waals surface area contributed by atoms with Gasteiger partial charge in [0, 0.05) is 5.56 Å². The highest BCUT2D eigenvalue weighted by Gasteiger charge is 2.29. The summed E-state index contributed by atoms with van der Waals surface area (Å²) in [6.07, 6.45) is 2.83. The molecule has 0 heterocycles. The van der Waals surface area contributed by atoms with Crippen molar-refractivity contribution in [3.8, 4) is 28.4 Å². The molecule has 4 rings (SSSR count). The van der Waals surface area contributed by atoms with Crippen LogP contribution in [0.15, 0.2) is 52.2 Å². The molecule has 0 saturated carbocycles. The zero-order valence-corrected chi connectivity index (χ0v) is 22.5. The standard InChI is InChI=1S/C29H30FNO6S/c1-35-24-13-18-5-7-22(31-26(34)12-16-9-17(15-32)11-19(30)10-16)21-14-23(33)25(38-4)8-6-20(21)27(18)29(37-3)28(24)36-2/h6,8-11,13-14,22,32H,5,7,12,15H2,1-4H3,(H,31,34)/t22-/m0/s1. The average Bonchev–Trinajstić information content (AvgIpc) is 3.15. The molecule has 7 nitrogen and oxygen atoms in total. The number of methoxy groups -OCH3 is 3. The first-order valence-corrected chi connectivity index (χ1v) is 13.3. The lowest BCUT2D eigenvalue weighted by Gasteiger charge is -2.20. The van der Waals surface area contributed by atoms with Crippen LogP contribution in [0.1, 0.15) is 34.7 Å². The molecule has 0 spiro atoms. The minimum atomic E-state index is -0.516. The summed E-state index contributed by atoms with van der Waals surface area (Å²) in [7, 11) is 4.64. The number of aryl methyl sites for hydroxylation is 1. The number of aliphatic hydroxyl groups excluding tert-OH is 1. The van der Waals surface area contributed by atoms with Crippen molar-refractivity contribution < 1.29 is 28.5 Å². The molecule has 0 bridgehead atoms. The van der Waals surface area contributed by atoms with Crippen LogP contribution in [0.2, 0.25) is 0 Å². The Kier molecular flexibility index (Phi) is 8.58. The Morgan fingerprint density at radius 3 is 2.45 bits per heavy atom. The van der Waals surface area contributed by atoms with E-state index in [4.69, 9.17) is 14.2 Å². The van der Waals surface area contributed by atoms with Gasteiger partial charge in [-0.25, -0.2) is 4.39 Å². The molecule has 1 aliphatic carbocycles. The molecule has 0 fully saturated rings. The summed E-state index contributed by atoms with van der Waals surface area (Å²) >= 11 is 1.35. The Hall–Kier alpha value is -3.56. The average molecular weight is 540 g/mol. The second-order valence-electron chi connectivity index (χ2n) is 8.92. The SMILES string of the molecule is COc1cc2c(c(OC)c1OC)-c1ccc(SC)c(=O)cc1[C@@H](NC(=O)Cc1cc(F)cc(CO)c1)CC2. The summed E-state index contributed by atoms with van der Waals surface area (Å²) in [5.41, 5.74) is 3.79. The zero-order valence-electron chi connectivity index (χ0n) is 21.7. The summed E-state index contributed by atoms with van der Waals surface area (Å²) in [5.74, 6) is 0.597. The molecule has 3 aromatic carbocycles. The molecule has 0 radical (unpaired) electrons. The minimum Gasteiger partial charge on any atom is -0.493 e. The number of hydrogen-bond acceptors (Lipinski definition) is 7. The van der Waals surface area contributed by atoms with Crippen LogP contribution in [0.25, 0.3) is 11.1 Å². The summed E-state index contributed by atoms with van der Waals surface area (Å²) in [4.78, 5) is 26.8. The van der Waals surface area contributed by atoms with Crippen LogP contribution in [0, 0.1) is 5.82 Å². The van der Waals surface area contributed by atoms with E-state index in [1.54, 1.807) is 32.4 Å². The van der Waals surface area contributed by atoms with Crippen molar-refractivity contribution in [1.29, 1.82) is 0 Å². The van der Waals surface area contributed by atoms with E-state index in [0.717, 1.165) is 16.7 Å². The molecule has 9 heteroatoms. The van der Waals surface area contributed by atoms with E-state index in [-0.39, 0.29) is 24.4 Å². The normalized spacial score (nSPS) is 14.1. The highest BCUT2D eigenvalue weighted by Crippen LogP contribution is 2.50. The Balaban J connectivity index is 1.83. The number of nitrogens with one attached hydrogen (secondary N) is 1. The molecule has 1 atom stereocenters. The molecular formula is C29H30FNO6S. The van der Waals surface area contributed by atoms with E-state index < -0.39 is 11.9 Å². The van der Waals surface area contributed by atoms with Gasteiger partial charge in [0.05, 0.1) is 45.3 Å². The maximum atomic E-state index is 14.0. The Bertz CT molecular complexity index is 1430. The van der Waals surface area contributed by atoms with Crippen molar-refractivity contribution in [2.24, 2.45) is 0 Å². The summed E-state index contributed by atoms with van der Waals surface area (Å²) in [5, 5.41) is 12.4. The van der Waals surface area contributed by atoms with E-state index in [0.29, 0.717) is 51.7 Å². The van der Waals surface area contributed by atoms with Crippen LogP contribution in [0.5, 0.6) is 17.2 Å². The first kappa shape index (κ1) is 27.5. The van der Waals surface area contributed by atoms with E-state index in [2.05, 4.69) is 5.32 Å². The summed E-state index contributed by atoms with van der Waals surface area (Å²) < 4.78 is 31.0. The maximum absolute atomic E-state index is 14.0. The highest BCUT2D eigenvalue weighted by molar-refractivity contribution is 7.98. The fourth-order valence-electron chi connectivity index (χ4n) is 4.96. The number of hydrogen-bond donors (Lipinski definition) is 2. The largest absolute Gasteiger partial charge is 0.493 e. The third-order valence-electron chi connectivity index (χ3n) is 6.62. The Morgan fingerprint density at radius 1 is 1.05 bits per heavy atom. The monoisotopic (exact) mass is 539 g/mol. The van der Waals surface area contributed by atoms with Gasteiger partial charge in [-0.05, 0) is 77.2 Å². The number of rotatable bonds is 8.